The molecular formula is C22H22N4S2. The number of hydrogen-bond donors (Lipinski definition) is 0. The highest BCUT2D eigenvalue weighted by Gasteiger charge is 2.50. The van der Waals surface area contributed by atoms with Gasteiger partial charge in [0.05, 0.1) is 28.7 Å². The summed E-state index contributed by atoms with van der Waals surface area (Å²) in [7, 11) is 0. The monoisotopic (exact) mass is 406 g/mol. The molecule has 0 spiro atoms. The molecule has 142 valence electrons. The number of thiophene rings is 1. The Morgan fingerprint density at radius 2 is 2.18 bits per heavy atom. The Labute approximate surface area is 172 Å². The van der Waals surface area contributed by atoms with Crippen LogP contribution in [0.2, 0.25) is 0 Å². The van der Waals surface area contributed by atoms with Crippen molar-refractivity contribution < 1.29 is 0 Å². The topological polar surface area (TPSA) is 42.5 Å². The van der Waals surface area contributed by atoms with Crippen LogP contribution in [0.5, 0.6) is 0 Å². The first-order valence-corrected chi connectivity index (χ1v) is 11.3. The molecule has 2 unspecified atom stereocenters. The highest BCUT2D eigenvalue weighted by molar-refractivity contribution is 7.14. The van der Waals surface area contributed by atoms with Crippen LogP contribution >= 0.6 is 22.7 Å². The van der Waals surface area contributed by atoms with Gasteiger partial charge >= 0.3 is 0 Å². The number of pyridine rings is 1. The minimum atomic E-state index is 0.398. The highest BCUT2D eigenvalue weighted by Crippen LogP contribution is 2.58. The van der Waals surface area contributed by atoms with Gasteiger partial charge in [0.15, 0.2) is 0 Å². The lowest BCUT2D eigenvalue weighted by atomic mass is 9.49. The quantitative estimate of drug-likeness (QED) is 0.510. The lowest BCUT2D eigenvalue weighted by Crippen LogP contribution is -2.48. The van der Waals surface area contributed by atoms with Crippen molar-refractivity contribution in [2.75, 3.05) is 0 Å². The Hall–Kier alpha value is -2.31. The molecule has 1 fully saturated rings. The van der Waals surface area contributed by atoms with Gasteiger partial charge in [-0.3, -0.25) is 4.98 Å². The van der Waals surface area contributed by atoms with E-state index < -0.39 is 0 Å². The summed E-state index contributed by atoms with van der Waals surface area (Å²) in [6.45, 7) is 4.79. The van der Waals surface area contributed by atoms with Crippen LogP contribution in [0.4, 0.5) is 5.69 Å². The number of thiazole rings is 1. The smallest absolute Gasteiger partial charge is 0.211 e. The van der Waals surface area contributed by atoms with E-state index in [0.717, 1.165) is 22.1 Å². The summed E-state index contributed by atoms with van der Waals surface area (Å²) >= 11 is 3.33. The maximum absolute atomic E-state index is 4.91. The fraction of sp³-hybridized carbons (Fsp3) is 0.318. The van der Waals surface area contributed by atoms with Gasteiger partial charge in [-0.05, 0) is 59.2 Å². The standard InChI is InChI=1S/C22H22N4S2/c1-22(2)16-8-7-15(18(22)11-16)12-24-26-19(20-6-4-10-27-20)14-28-21(26)25-17-5-3-9-23-13-17/h3-7,9-10,12-14,16,18H,8,11H2,1-2H3. The van der Waals surface area contributed by atoms with Gasteiger partial charge in [0.2, 0.25) is 4.80 Å². The molecule has 3 heterocycles. The molecule has 3 aromatic rings. The molecule has 3 aliphatic carbocycles. The molecule has 0 radical (unpaired) electrons. The van der Waals surface area contributed by atoms with Crippen molar-refractivity contribution in [3.05, 3.63) is 63.9 Å². The van der Waals surface area contributed by atoms with Crippen LogP contribution in [0.3, 0.4) is 0 Å². The van der Waals surface area contributed by atoms with E-state index in [0.29, 0.717) is 11.3 Å². The van der Waals surface area contributed by atoms with E-state index in [4.69, 9.17) is 10.1 Å². The molecule has 0 amide bonds. The third kappa shape index (κ3) is 3.01. The molecule has 0 saturated heterocycles. The number of aromatic nitrogens is 2. The molecule has 2 bridgehead atoms. The van der Waals surface area contributed by atoms with Crippen LogP contribution in [-0.2, 0) is 0 Å². The molecule has 0 aromatic carbocycles. The maximum atomic E-state index is 4.91. The van der Waals surface area contributed by atoms with Gasteiger partial charge in [0, 0.05) is 11.6 Å². The Morgan fingerprint density at radius 3 is 2.89 bits per heavy atom. The van der Waals surface area contributed by atoms with E-state index in [9.17, 15) is 0 Å². The molecular weight excluding hydrogens is 384 g/mol. The second kappa shape index (κ2) is 6.94. The largest absolute Gasteiger partial charge is 0.262 e. The van der Waals surface area contributed by atoms with E-state index in [1.54, 1.807) is 35.1 Å². The van der Waals surface area contributed by atoms with Crippen molar-refractivity contribution in [1.82, 2.24) is 9.66 Å². The van der Waals surface area contributed by atoms with Crippen LogP contribution < -0.4 is 4.80 Å². The molecule has 4 nitrogen and oxygen atoms in total. The number of rotatable bonds is 4. The van der Waals surface area contributed by atoms with E-state index in [1.165, 1.54) is 23.3 Å². The van der Waals surface area contributed by atoms with Crippen molar-refractivity contribution in [3.63, 3.8) is 0 Å². The average Bonchev–Trinajstić information content (AvgIpc) is 3.37. The maximum Gasteiger partial charge on any atom is 0.211 e. The first kappa shape index (κ1) is 17.8. The minimum absolute atomic E-state index is 0.398. The number of hydrogen-bond acceptors (Lipinski definition) is 5. The van der Waals surface area contributed by atoms with Gasteiger partial charge in [-0.2, -0.15) is 5.10 Å². The fourth-order valence-electron chi connectivity index (χ4n) is 4.28. The van der Waals surface area contributed by atoms with Gasteiger partial charge in [-0.15, -0.1) is 22.7 Å². The van der Waals surface area contributed by atoms with Crippen LogP contribution in [-0.4, -0.2) is 15.9 Å². The lowest BCUT2D eigenvalue weighted by Gasteiger charge is -2.55. The van der Waals surface area contributed by atoms with Crippen molar-refractivity contribution in [1.29, 1.82) is 0 Å². The fourth-order valence-corrected chi connectivity index (χ4v) is 5.93. The predicted octanol–water partition coefficient (Wildman–Crippen LogP) is 5.73. The molecule has 2 atom stereocenters. The van der Waals surface area contributed by atoms with Crippen molar-refractivity contribution >= 4 is 34.6 Å². The number of nitrogens with zero attached hydrogens (tertiary/aromatic N) is 4. The van der Waals surface area contributed by atoms with E-state index in [1.807, 2.05) is 16.8 Å². The van der Waals surface area contributed by atoms with E-state index >= 15 is 0 Å². The Morgan fingerprint density at radius 1 is 1.25 bits per heavy atom. The number of fused-ring (bicyclic) bond motifs is 1. The zero-order valence-electron chi connectivity index (χ0n) is 15.9. The predicted molar refractivity (Wildman–Crippen MR) is 117 cm³/mol. The summed E-state index contributed by atoms with van der Waals surface area (Å²) in [5.41, 5.74) is 3.69. The second-order valence-corrected chi connectivity index (χ2v) is 9.79. The normalized spacial score (nSPS) is 23.6. The third-order valence-electron chi connectivity index (χ3n) is 6.16. The highest BCUT2D eigenvalue weighted by atomic mass is 32.1. The average molecular weight is 407 g/mol. The minimum Gasteiger partial charge on any atom is -0.262 e. The van der Waals surface area contributed by atoms with Crippen LogP contribution in [0.1, 0.15) is 26.7 Å². The summed E-state index contributed by atoms with van der Waals surface area (Å²) < 4.78 is 1.97. The van der Waals surface area contributed by atoms with Gasteiger partial charge in [0.1, 0.15) is 0 Å². The van der Waals surface area contributed by atoms with Crippen molar-refractivity contribution in [2.24, 2.45) is 27.3 Å². The van der Waals surface area contributed by atoms with Crippen LogP contribution in [0, 0.1) is 17.3 Å². The number of allylic oxidation sites excluding steroid dienone is 2. The SMILES string of the molecule is CC1(C)C2CC=C(C=Nn3c(-c4cccs4)csc3=Nc3cccnc3)C1C2. The van der Waals surface area contributed by atoms with Crippen molar-refractivity contribution in [2.45, 2.75) is 26.7 Å². The van der Waals surface area contributed by atoms with E-state index in [2.05, 4.69) is 54.0 Å². The summed E-state index contributed by atoms with van der Waals surface area (Å²) in [5.74, 6) is 1.46. The Balaban J connectivity index is 1.57. The summed E-state index contributed by atoms with van der Waals surface area (Å²) in [6.07, 6.45) is 10.4. The molecule has 6 rings (SSSR count). The zero-order chi connectivity index (χ0) is 19.1. The second-order valence-electron chi connectivity index (χ2n) is 8.01. The molecule has 0 aliphatic heterocycles. The van der Waals surface area contributed by atoms with Gasteiger partial charge in [0.25, 0.3) is 0 Å². The van der Waals surface area contributed by atoms with Gasteiger partial charge in [-0.25, -0.2) is 9.67 Å². The van der Waals surface area contributed by atoms with Crippen LogP contribution in [0.15, 0.2) is 69.2 Å². The molecule has 3 aliphatic rings. The lowest BCUT2D eigenvalue weighted by molar-refractivity contribution is -0.00126. The Bertz CT molecular complexity index is 1100. The summed E-state index contributed by atoms with van der Waals surface area (Å²) in [6, 6.07) is 8.07. The van der Waals surface area contributed by atoms with E-state index in [-0.39, 0.29) is 0 Å². The first-order valence-electron chi connectivity index (χ1n) is 9.56. The van der Waals surface area contributed by atoms with Gasteiger partial charge < -0.3 is 0 Å². The molecule has 6 heteroatoms. The molecule has 1 saturated carbocycles. The molecule has 0 N–H and O–H groups in total. The Kier molecular flexibility index (Phi) is 4.40. The van der Waals surface area contributed by atoms with Crippen molar-refractivity contribution in [3.8, 4) is 10.6 Å². The summed E-state index contributed by atoms with van der Waals surface area (Å²) in [4.78, 5) is 11.0. The first-order chi connectivity index (χ1) is 13.6. The third-order valence-corrected chi connectivity index (χ3v) is 7.87. The van der Waals surface area contributed by atoms with Crippen LogP contribution in [0.25, 0.3) is 10.6 Å². The summed E-state index contributed by atoms with van der Waals surface area (Å²) in [5, 5.41) is 9.14. The van der Waals surface area contributed by atoms with Gasteiger partial charge in [-0.1, -0.05) is 26.0 Å². The molecule has 3 aromatic heterocycles. The zero-order valence-corrected chi connectivity index (χ0v) is 17.6. The molecule has 28 heavy (non-hydrogen) atoms.